The highest BCUT2D eigenvalue weighted by molar-refractivity contribution is 6.00. The molecule has 0 saturated heterocycles. The van der Waals surface area contributed by atoms with E-state index in [0.29, 0.717) is 0 Å². The zero-order valence-electron chi connectivity index (χ0n) is 13.8. The smallest absolute Gasteiger partial charge is 0.323 e. The van der Waals surface area contributed by atoms with E-state index in [2.05, 4.69) is 22.5 Å². The van der Waals surface area contributed by atoms with E-state index in [9.17, 15) is 14.0 Å². The standard InChI is InChI=1S/C19H17FN4O2/c1-11-16(21)17(24-19(26)23-11)18(25)22-10-12-3-2-4-14(9-12)13-5-7-15(20)8-6-13/h2-9H,1,10,21H2,(H,22,25)(H2,23,24,26). The molecule has 0 unspecified atom stereocenters. The molecule has 1 aliphatic rings. The molecule has 2 aromatic carbocycles. The van der Waals surface area contributed by atoms with Gasteiger partial charge in [-0.3, -0.25) is 4.79 Å². The third-order valence-corrected chi connectivity index (χ3v) is 3.88. The second kappa shape index (κ2) is 7.10. The molecule has 3 rings (SSSR count). The molecule has 3 amide bonds. The Kier molecular flexibility index (Phi) is 4.70. The van der Waals surface area contributed by atoms with Crippen LogP contribution in [0, 0.1) is 5.82 Å². The summed E-state index contributed by atoms with van der Waals surface area (Å²) in [6.07, 6.45) is 0. The van der Waals surface area contributed by atoms with Gasteiger partial charge in [-0.2, -0.15) is 0 Å². The molecule has 2 aromatic rings. The second-order valence-corrected chi connectivity index (χ2v) is 5.74. The van der Waals surface area contributed by atoms with E-state index < -0.39 is 11.9 Å². The lowest BCUT2D eigenvalue weighted by atomic mass is 10.0. The van der Waals surface area contributed by atoms with E-state index in [4.69, 9.17) is 5.73 Å². The Balaban J connectivity index is 1.72. The number of hydrogen-bond acceptors (Lipinski definition) is 3. The lowest BCUT2D eigenvalue weighted by Gasteiger charge is -2.20. The number of amides is 3. The Labute approximate surface area is 149 Å². The number of hydrogen-bond donors (Lipinski definition) is 4. The van der Waals surface area contributed by atoms with Crippen LogP contribution in [-0.2, 0) is 11.3 Å². The molecule has 0 aromatic heterocycles. The van der Waals surface area contributed by atoms with Crippen molar-refractivity contribution >= 4 is 11.9 Å². The molecule has 0 saturated carbocycles. The molecule has 6 nitrogen and oxygen atoms in total. The molecule has 0 aliphatic carbocycles. The zero-order chi connectivity index (χ0) is 18.7. The van der Waals surface area contributed by atoms with E-state index >= 15 is 0 Å². The summed E-state index contributed by atoms with van der Waals surface area (Å²) in [6, 6.07) is 13.1. The van der Waals surface area contributed by atoms with Crippen molar-refractivity contribution in [2.24, 2.45) is 5.73 Å². The first-order valence-electron chi connectivity index (χ1n) is 7.84. The quantitative estimate of drug-likeness (QED) is 0.678. The normalized spacial score (nSPS) is 13.9. The van der Waals surface area contributed by atoms with Crippen molar-refractivity contribution in [3.63, 3.8) is 0 Å². The first-order chi connectivity index (χ1) is 12.4. The van der Waals surface area contributed by atoms with Crippen molar-refractivity contribution in [1.29, 1.82) is 0 Å². The van der Waals surface area contributed by atoms with Crippen molar-refractivity contribution in [2.75, 3.05) is 0 Å². The van der Waals surface area contributed by atoms with Crippen LogP contribution in [0.4, 0.5) is 9.18 Å². The summed E-state index contributed by atoms with van der Waals surface area (Å²) in [5.74, 6) is -0.806. The SMILES string of the molecule is C=C1NC(=O)NC(C(=O)NCc2cccc(-c3ccc(F)cc3)c2)=C1N. The second-order valence-electron chi connectivity index (χ2n) is 5.74. The van der Waals surface area contributed by atoms with Gasteiger partial charge in [-0.05, 0) is 34.9 Å². The van der Waals surface area contributed by atoms with Crippen LogP contribution in [0.15, 0.2) is 72.2 Å². The Morgan fingerprint density at radius 1 is 1.12 bits per heavy atom. The Morgan fingerprint density at radius 2 is 1.85 bits per heavy atom. The lowest BCUT2D eigenvalue weighted by Crippen LogP contribution is -2.46. The van der Waals surface area contributed by atoms with Crippen LogP contribution in [0.5, 0.6) is 0 Å². The van der Waals surface area contributed by atoms with E-state index in [0.717, 1.165) is 16.7 Å². The van der Waals surface area contributed by atoms with Crippen LogP contribution in [0.25, 0.3) is 11.1 Å². The number of carbonyl (C=O) groups is 2. The van der Waals surface area contributed by atoms with Crippen molar-refractivity contribution in [3.8, 4) is 11.1 Å². The minimum atomic E-state index is -0.562. The summed E-state index contributed by atoms with van der Waals surface area (Å²) >= 11 is 0. The van der Waals surface area contributed by atoms with Gasteiger partial charge in [-0.25, -0.2) is 9.18 Å². The van der Waals surface area contributed by atoms with E-state index in [1.54, 1.807) is 12.1 Å². The van der Waals surface area contributed by atoms with Gasteiger partial charge in [0.2, 0.25) is 0 Å². The summed E-state index contributed by atoms with van der Waals surface area (Å²) in [5, 5.41) is 7.46. The molecule has 0 spiro atoms. The predicted molar refractivity (Wildman–Crippen MR) is 95.7 cm³/mol. The van der Waals surface area contributed by atoms with E-state index in [1.165, 1.54) is 12.1 Å². The van der Waals surface area contributed by atoms with Gasteiger partial charge in [0.05, 0.1) is 11.4 Å². The van der Waals surface area contributed by atoms with Crippen LogP contribution < -0.4 is 21.7 Å². The first-order valence-corrected chi connectivity index (χ1v) is 7.84. The Bertz CT molecular complexity index is 919. The molecule has 0 radical (unpaired) electrons. The molecule has 1 heterocycles. The lowest BCUT2D eigenvalue weighted by molar-refractivity contribution is -0.118. The van der Waals surface area contributed by atoms with Gasteiger partial charge in [0.25, 0.3) is 5.91 Å². The van der Waals surface area contributed by atoms with Crippen LogP contribution in [0.1, 0.15) is 5.56 Å². The molecule has 26 heavy (non-hydrogen) atoms. The van der Waals surface area contributed by atoms with Gasteiger partial charge < -0.3 is 21.7 Å². The minimum absolute atomic E-state index is 0.0339. The maximum Gasteiger partial charge on any atom is 0.323 e. The summed E-state index contributed by atoms with van der Waals surface area (Å²) < 4.78 is 13.1. The molecular formula is C19H17FN4O2. The van der Waals surface area contributed by atoms with Gasteiger partial charge >= 0.3 is 6.03 Å². The van der Waals surface area contributed by atoms with Gasteiger partial charge in [-0.1, -0.05) is 36.9 Å². The van der Waals surface area contributed by atoms with Crippen LogP contribution in [0.2, 0.25) is 0 Å². The number of nitrogens with two attached hydrogens (primary N) is 1. The fraction of sp³-hybridized carbons (Fsp3) is 0.0526. The van der Waals surface area contributed by atoms with Crippen molar-refractivity contribution in [1.82, 2.24) is 16.0 Å². The first kappa shape index (κ1) is 17.2. The predicted octanol–water partition coefficient (Wildman–Crippen LogP) is 2.11. The number of nitrogens with one attached hydrogen (secondary N) is 3. The molecule has 5 N–H and O–H groups in total. The summed E-state index contributed by atoms with van der Waals surface area (Å²) in [6.45, 7) is 3.82. The largest absolute Gasteiger partial charge is 0.395 e. The highest BCUT2D eigenvalue weighted by atomic mass is 19.1. The zero-order valence-corrected chi connectivity index (χ0v) is 13.8. The molecule has 132 valence electrons. The Hall–Kier alpha value is -3.61. The van der Waals surface area contributed by atoms with Crippen LogP contribution in [0.3, 0.4) is 0 Å². The van der Waals surface area contributed by atoms with E-state index in [1.807, 2.05) is 24.3 Å². The number of benzene rings is 2. The highest BCUT2D eigenvalue weighted by Crippen LogP contribution is 2.21. The van der Waals surface area contributed by atoms with Crippen molar-refractivity contribution in [2.45, 2.75) is 6.54 Å². The number of urea groups is 1. The Morgan fingerprint density at radius 3 is 2.58 bits per heavy atom. The van der Waals surface area contributed by atoms with Crippen molar-refractivity contribution < 1.29 is 14.0 Å². The average molecular weight is 352 g/mol. The fourth-order valence-electron chi connectivity index (χ4n) is 2.52. The molecular weight excluding hydrogens is 335 g/mol. The topological polar surface area (TPSA) is 96.2 Å². The van der Waals surface area contributed by atoms with Crippen LogP contribution in [-0.4, -0.2) is 11.9 Å². The fourth-order valence-corrected chi connectivity index (χ4v) is 2.52. The number of rotatable bonds is 4. The van der Waals surface area contributed by atoms with Gasteiger partial charge in [0, 0.05) is 6.54 Å². The summed E-state index contributed by atoms with van der Waals surface area (Å²) in [7, 11) is 0. The molecule has 0 atom stereocenters. The van der Waals surface area contributed by atoms with Crippen LogP contribution >= 0.6 is 0 Å². The van der Waals surface area contributed by atoms with E-state index in [-0.39, 0.29) is 29.5 Å². The number of carbonyl (C=O) groups excluding carboxylic acids is 2. The molecule has 1 aliphatic heterocycles. The third-order valence-electron chi connectivity index (χ3n) is 3.88. The molecule has 0 bridgehead atoms. The summed E-state index contributed by atoms with van der Waals surface area (Å²) in [4.78, 5) is 23.7. The average Bonchev–Trinajstić information content (AvgIpc) is 2.63. The third kappa shape index (κ3) is 3.72. The maximum atomic E-state index is 13.1. The molecule has 7 heteroatoms. The summed E-state index contributed by atoms with van der Waals surface area (Å²) in [5.41, 5.74) is 8.62. The van der Waals surface area contributed by atoms with Gasteiger partial charge in [0.15, 0.2) is 0 Å². The van der Waals surface area contributed by atoms with Gasteiger partial charge in [-0.15, -0.1) is 0 Å². The molecule has 0 fully saturated rings. The maximum absolute atomic E-state index is 13.1. The highest BCUT2D eigenvalue weighted by Gasteiger charge is 2.23. The van der Waals surface area contributed by atoms with Gasteiger partial charge in [0.1, 0.15) is 11.5 Å². The number of halogens is 1. The van der Waals surface area contributed by atoms with Crippen molar-refractivity contribution in [3.05, 3.63) is 83.6 Å². The monoisotopic (exact) mass is 352 g/mol. The minimum Gasteiger partial charge on any atom is -0.395 e.